The van der Waals surface area contributed by atoms with Crippen molar-refractivity contribution in [2.75, 3.05) is 14.2 Å². The summed E-state index contributed by atoms with van der Waals surface area (Å²) in [6, 6.07) is 36.6. The van der Waals surface area contributed by atoms with Gasteiger partial charge in [0.15, 0.2) is 45.9 Å². The summed E-state index contributed by atoms with van der Waals surface area (Å²) in [6.45, 7) is 1.57. The maximum Gasteiger partial charge on any atom is 0.416 e. The van der Waals surface area contributed by atoms with Gasteiger partial charge in [-0.15, -0.1) is 20.4 Å². The second-order valence-electron chi connectivity index (χ2n) is 26.2. The second-order valence-corrected chi connectivity index (χ2v) is 27.9. The van der Waals surface area contributed by atoms with Gasteiger partial charge in [0.1, 0.15) is 39.4 Å². The zero-order valence-electron chi connectivity index (χ0n) is 63.0. The van der Waals surface area contributed by atoms with Crippen LogP contribution in [-0.4, -0.2) is 95.9 Å². The molecule has 15 aromatic rings. The number of nitro groups is 3. The number of alkyl halides is 6. The van der Waals surface area contributed by atoms with Crippen LogP contribution in [0.15, 0.2) is 205 Å². The lowest BCUT2D eigenvalue weighted by molar-refractivity contribution is -0.385. The first-order chi connectivity index (χ1) is 58.3. The van der Waals surface area contributed by atoms with E-state index in [4.69, 9.17) is 9.47 Å². The third kappa shape index (κ3) is 16.0. The maximum absolute atomic E-state index is 15.4. The standard InChI is InChI=1S/C27H20BrF2N5O5.C26H18BrF4N7O4.C26H17BrF3N5O5/c1-15-5-3-6-19(29)18(15)14-32-25-23(21(13-28)34(31-25)16-9-11-17(12-10-16)35(38)39)26(36)33(27(32)37)20-7-4-8-22(40-2)24(20)30;1-2-14-6-11-21(33-32-14)36-24(39)22-20(12-27)37(15-7-9-16(10-8-15)38(41)42)34-23(22)35(25(36)40)13-17-18(26(29,30)31)4-3-5-19(17)28;1-40-21-7-3-6-19(23(21)30)33-25(36)22-20(12-27)34(14-8-10-15(11-9-14)35(38)39)31-24(22)32(26(33)37)13-16-17(28)4-2-5-18(16)29/h3-12H,13-14H2,1-2H3;3-11H,2,12-13H2,1H3;2-11H,12-13H2,1H3. The van der Waals surface area contributed by atoms with Crippen LogP contribution in [0.25, 0.3) is 67.4 Å². The minimum Gasteiger partial charge on any atom is -0.494 e. The molecular formula is C79H55Br3F9N17O14. The van der Waals surface area contributed by atoms with E-state index in [2.05, 4.69) is 73.3 Å². The Morgan fingerprint density at radius 1 is 0.418 bits per heavy atom. The average molecular weight is 1880 g/mol. The van der Waals surface area contributed by atoms with Crippen molar-refractivity contribution >= 4 is 98.0 Å². The smallest absolute Gasteiger partial charge is 0.416 e. The van der Waals surface area contributed by atoms with Gasteiger partial charge in [-0.2, -0.15) is 18.3 Å². The van der Waals surface area contributed by atoms with Crippen LogP contribution in [0.2, 0.25) is 0 Å². The summed E-state index contributed by atoms with van der Waals surface area (Å²) in [5.41, 5.74) is -7.56. The van der Waals surface area contributed by atoms with Crippen LogP contribution in [0, 0.1) is 72.2 Å². The summed E-state index contributed by atoms with van der Waals surface area (Å²) < 4.78 is 150. The van der Waals surface area contributed by atoms with Gasteiger partial charge in [0, 0.05) is 69.1 Å². The van der Waals surface area contributed by atoms with Crippen LogP contribution in [-0.2, 0) is 48.2 Å². The number of fused-ring (bicyclic) bond motifs is 3. The molecule has 0 radical (unpaired) electrons. The summed E-state index contributed by atoms with van der Waals surface area (Å²) in [4.78, 5) is 115. The number of aromatic nitrogens is 14. The molecular weight excluding hydrogens is 1820 g/mol. The summed E-state index contributed by atoms with van der Waals surface area (Å²) in [5, 5.41) is 54.3. The number of nitro benzene ring substituents is 3. The Hall–Kier alpha value is -14.1. The fourth-order valence-electron chi connectivity index (χ4n) is 13.3. The van der Waals surface area contributed by atoms with Crippen LogP contribution in [0.5, 0.6) is 11.5 Å². The summed E-state index contributed by atoms with van der Waals surface area (Å²) in [5.74, 6) is -6.23. The lowest BCUT2D eigenvalue weighted by Crippen LogP contribution is -2.40. The van der Waals surface area contributed by atoms with E-state index in [1.54, 1.807) is 13.0 Å². The van der Waals surface area contributed by atoms with Crippen LogP contribution in [0.1, 0.15) is 57.5 Å². The van der Waals surface area contributed by atoms with Crippen molar-refractivity contribution in [1.82, 2.24) is 66.9 Å². The zero-order valence-corrected chi connectivity index (χ0v) is 67.8. The van der Waals surface area contributed by atoms with Crippen molar-refractivity contribution in [1.29, 1.82) is 0 Å². The van der Waals surface area contributed by atoms with Crippen molar-refractivity contribution in [3.8, 4) is 45.8 Å². The van der Waals surface area contributed by atoms with Crippen molar-refractivity contribution in [2.24, 2.45) is 0 Å². The van der Waals surface area contributed by atoms with Crippen molar-refractivity contribution in [2.45, 2.75) is 62.1 Å². The molecule has 8 aromatic carbocycles. The SMILES string of the molecule is CCc1ccc(-n2c(=O)c3c(CBr)n(-c4ccc([N+](=O)[O-])cc4)nc3n(Cc3c(F)cccc3C(F)(F)F)c2=O)nn1.COc1cccc(-n2c(=O)c3c(CBr)n(-c4ccc([N+](=O)[O-])cc4)nc3n(Cc3c(C)cccc3F)c2=O)c1F.COc1cccc(-n2c(=O)c3c(CBr)n(-c4ccc([N+](=O)[O-])cc4)nc3n(Cc3c(F)cccc3F)c2=O)c1F. The lowest BCUT2D eigenvalue weighted by atomic mass is 10.1. The molecule has 0 spiro atoms. The topological polar surface area (TPSA) is 359 Å². The van der Waals surface area contributed by atoms with Crippen LogP contribution in [0.4, 0.5) is 56.6 Å². The Kier molecular flexibility index (Phi) is 24.7. The zero-order chi connectivity index (χ0) is 87.8. The number of benzene rings is 8. The molecule has 15 rings (SSSR count). The third-order valence-corrected chi connectivity index (χ3v) is 21.0. The molecule has 0 saturated heterocycles. The summed E-state index contributed by atoms with van der Waals surface area (Å²) >= 11 is 9.98. The highest BCUT2D eigenvalue weighted by atomic mass is 79.9. The number of halogens is 12. The second kappa shape index (κ2) is 35.1. The van der Waals surface area contributed by atoms with Crippen LogP contribution < -0.4 is 43.2 Å². The molecule has 0 bridgehead atoms. The van der Waals surface area contributed by atoms with E-state index in [1.807, 2.05) is 6.92 Å². The maximum atomic E-state index is 15.4. The number of nitrogens with zero attached hydrogens (tertiary/aromatic N) is 17. The molecule has 0 aliphatic heterocycles. The van der Waals surface area contributed by atoms with E-state index >= 15 is 8.78 Å². The van der Waals surface area contributed by atoms with Gasteiger partial charge in [0.05, 0.1) is 105 Å². The molecule has 122 heavy (non-hydrogen) atoms. The summed E-state index contributed by atoms with van der Waals surface area (Å²) in [6.07, 6.45) is -4.44. The predicted octanol–water partition coefficient (Wildman–Crippen LogP) is 14.1. The van der Waals surface area contributed by atoms with Gasteiger partial charge in [0.25, 0.3) is 33.7 Å². The quantitative estimate of drug-likeness (QED) is 0.0279. The minimum atomic E-state index is -4.95. The molecule has 624 valence electrons. The van der Waals surface area contributed by atoms with Gasteiger partial charge in [-0.25, -0.2) is 68.5 Å². The Balaban J connectivity index is 0.000000158. The molecule has 0 aliphatic carbocycles. The number of aryl methyl sites for hydroxylation is 2. The highest BCUT2D eigenvalue weighted by Gasteiger charge is 2.37. The van der Waals surface area contributed by atoms with Gasteiger partial charge in [0.2, 0.25) is 0 Å². The van der Waals surface area contributed by atoms with Crippen LogP contribution in [0.3, 0.4) is 0 Å². The average Bonchev–Trinajstić information content (AvgIpc) is 1.56. The molecule has 0 fully saturated rings. The number of hydrogen-bond donors (Lipinski definition) is 0. The fraction of sp³-hybridized carbons (Fsp3) is 0.152. The molecule has 0 saturated carbocycles. The van der Waals surface area contributed by atoms with Gasteiger partial charge >= 0.3 is 23.2 Å². The van der Waals surface area contributed by atoms with E-state index in [0.29, 0.717) is 54.5 Å². The van der Waals surface area contributed by atoms with E-state index in [-0.39, 0.29) is 118 Å². The predicted molar refractivity (Wildman–Crippen MR) is 435 cm³/mol. The Morgan fingerprint density at radius 2 is 0.754 bits per heavy atom. The lowest BCUT2D eigenvalue weighted by Gasteiger charge is -2.16. The molecule has 0 atom stereocenters. The number of ether oxygens (including phenoxy) is 2. The largest absolute Gasteiger partial charge is 0.494 e. The van der Waals surface area contributed by atoms with E-state index in [1.165, 1.54) is 162 Å². The highest BCUT2D eigenvalue weighted by Crippen LogP contribution is 2.36. The molecule has 0 N–H and O–H groups in total. The minimum absolute atomic E-state index is 0.00256. The first-order valence-corrected chi connectivity index (χ1v) is 38.9. The third-order valence-electron chi connectivity index (χ3n) is 19.4. The van der Waals surface area contributed by atoms with E-state index in [0.717, 1.165) is 44.0 Å². The van der Waals surface area contributed by atoms with Crippen molar-refractivity contribution < 1.29 is 63.8 Å². The molecule has 0 amide bonds. The molecule has 7 heterocycles. The van der Waals surface area contributed by atoms with Gasteiger partial charge in [-0.3, -0.25) is 58.4 Å². The molecule has 7 aromatic heterocycles. The molecule has 43 heteroatoms. The van der Waals surface area contributed by atoms with Gasteiger partial charge < -0.3 is 9.47 Å². The monoisotopic (exact) mass is 1870 g/mol. The highest BCUT2D eigenvalue weighted by molar-refractivity contribution is 9.09. The Labute approximate surface area is 701 Å². The number of rotatable bonds is 21. The van der Waals surface area contributed by atoms with E-state index in [9.17, 15) is 89.8 Å². The van der Waals surface area contributed by atoms with Gasteiger partial charge in [-0.1, -0.05) is 91.1 Å². The fourth-order valence-corrected chi connectivity index (χ4v) is 14.9. The summed E-state index contributed by atoms with van der Waals surface area (Å²) in [7, 11) is 2.47. The van der Waals surface area contributed by atoms with Crippen molar-refractivity contribution in [3.63, 3.8) is 0 Å². The Bertz CT molecular complexity index is 6800. The van der Waals surface area contributed by atoms with Crippen LogP contribution >= 0.6 is 47.8 Å². The number of hydrogen-bond acceptors (Lipinski definition) is 19. The normalized spacial score (nSPS) is 11.4. The number of methoxy groups -OCH3 is 2. The van der Waals surface area contributed by atoms with Crippen molar-refractivity contribution in [3.05, 3.63) is 354 Å². The first kappa shape index (κ1) is 85.8. The molecule has 0 unspecified atom stereocenters. The Morgan fingerprint density at radius 3 is 1.10 bits per heavy atom. The molecule has 0 aliphatic rings. The first-order valence-electron chi connectivity index (χ1n) is 35.6. The van der Waals surface area contributed by atoms with E-state index < -0.39 is 125 Å². The number of non-ortho nitro benzene ring substituents is 3. The van der Waals surface area contributed by atoms with Gasteiger partial charge in [-0.05, 0) is 122 Å². The molecule has 31 nitrogen and oxygen atoms in total.